The third kappa shape index (κ3) is 4.53. The molecule has 5 aromatic rings. The number of aromatic amines is 1. The maximum atomic E-state index is 14.1. The molecule has 0 atom stereocenters. The molecule has 0 bridgehead atoms. The number of fused-ring (bicyclic) bond motifs is 4. The van der Waals surface area contributed by atoms with E-state index >= 15 is 0 Å². The summed E-state index contributed by atoms with van der Waals surface area (Å²) in [5.74, 6) is 2.55. The van der Waals surface area contributed by atoms with Gasteiger partial charge in [-0.25, -0.2) is 0 Å². The number of piperidine rings is 1. The molecule has 1 saturated heterocycles. The molecule has 3 aromatic carbocycles. The standard InChI is InChI=1S/C31H28FN3O4S/c1-4-19-9-10-24-27(15-19)33-31-29(24)30(36)26-17-20(5-2)25(21-7-6-8-23(16-21)39-40(32,37)38)18-28(26)35(31)22-11-13-34(3)14-12-22/h1,6-10,15-18,22,33H,5,11-14H2,2-3H3. The lowest BCUT2D eigenvalue weighted by Gasteiger charge is -2.32. The number of benzene rings is 3. The summed E-state index contributed by atoms with van der Waals surface area (Å²) in [6.07, 6.45) is 8.11. The first-order chi connectivity index (χ1) is 19.2. The molecular weight excluding hydrogens is 529 g/mol. The van der Waals surface area contributed by atoms with Crippen LogP contribution in [-0.4, -0.2) is 43.0 Å². The summed E-state index contributed by atoms with van der Waals surface area (Å²) >= 11 is 0. The molecule has 0 amide bonds. The second kappa shape index (κ2) is 9.81. The van der Waals surface area contributed by atoms with Crippen LogP contribution < -0.4 is 9.61 Å². The van der Waals surface area contributed by atoms with Crippen LogP contribution in [0.2, 0.25) is 0 Å². The Labute approximate surface area is 231 Å². The number of nitrogens with zero attached hydrogens (tertiary/aromatic N) is 2. The number of pyridine rings is 1. The second-order valence-corrected chi connectivity index (χ2v) is 11.3. The van der Waals surface area contributed by atoms with Crippen LogP contribution >= 0.6 is 0 Å². The van der Waals surface area contributed by atoms with Crippen LogP contribution in [-0.2, 0) is 16.9 Å². The van der Waals surface area contributed by atoms with Crippen molar-refractivity contribution < 1.29 is 16.5 Å². The van der Waals surface area contributed by atoms with Gasteiger partial charge in [0, 0.05) is 27.9 Å². The van der Waals surface area contributed by atoms with E-state index in [0.29, 0.717) is 22.8 Å². The largest absolute Gasteiger partial charge is 0.488 e. The molecule has 204 valence electrons. The highest BCUT2D eigenvalue weighted by molar-refractivity contribution is 7.81. The summed E-state index contributed by atoms with van der Waals surface area (Å²) in [5, 5.41) is 2.10. The molecule has 0 saturated carbocycles. The quantitative estimate of drug-likeness (QED) is 0.221. The van der Waals surface area contributed by atoms with Gasteiger partial charge in [0.05, 0.1) is 10.9 Å². The Morgan fingerprint density at radius 3 is 2.58 bits per heavy atom. The van der Waals surface area contributed by atoms with Crippen LogP contribution in [0, 0.1) is 12.3 Å². The van der Waals surface area contributed by atoms with Crippen LogP contribution in [0.1, 0.15) is 36.9 Å². The van der Waals surface area contributed by atoms with Gasteiger partial charge in [0.15, 0.2) is 5.43 Å². The minimum absolute atomic E-state index is 0.0595. The van der Waals surface area contributed by atoms with Crippen molar-refractivity contribution in [1.82, 2.24) is 14.5 Å². The highest BCUT2D eigenvalue weighted by atomic mass is 32.3. The number of terminal acetylenes is 1. The first-order valence-corrected chi connectivity index (χ1v) is 14.5. The predicted molar refractivity (Wildman–Crippen MR) is 157 cm³/mol. The Balaban J connectivity index is 1.68. The number of aromatic nitrogens is 2. The zero-order chi connectivity index (χ0) is 28.2. The highest BCUT2D eigenvalue weighted by Crippen LogP contribution is 2.37. The summed E-state index contributed by atoms with van der Waals surface area (Å²) < 4.78 is 42.3. The number of likely N-dealkylation sites (tertiary alicyclic amines) is 1. The number of H-pyrrole nitrogens is 1. The van der Waals surface area contributed by atoms with Gasteiger partial charge in [0.2, 0.25) is 0 Å². The van der Waals surface area contributed by atoms with Gasteiger partial charge in [-0.3, -0.25) is 4.79 Å². The van der Waals surface area contributed by atoms with Gasteiger partial charge in [-0.2, -0.15) is 8.42 Å². The number of aryl methyl sites for hydroxylation is 1. The molecular formula is C31H28FN3O4S. The van der Waals surface area contributed by atoms with Gasteiger partial charge < -0.3 is 18.6 Å². The number of rotatable bonds is 5. The Hall–Kier alpha value is -4.13. The predicted octanol–water partition coefficient (Wildman–Crippen LogP) is 5.71. The molecule has 0 aliphatic carbocycles. The monoisotopic (exact) mass is 557 g/mol. The zero-order valence-corrected chi connectivity index (χ0v) is 23.0. The van der Waals surface area contributed by atoms with Crippen molar-refractivity contribution in [3.05, 3.63) is 75.9 Å². The molecule has 40 heavy (non-hydrogen) atoms. The maximum Gasteiger partial charge on any atom is 0.488 e. The van der Waals surface area contributed by atoms with E-state index < -0.39 is 10.5 Å². The second-order valence-electron chi connectivity index (χ2n) is 10.4. The maximum absolute atomic E-state index is 14.1. The lowest BCUT2D eigenvalue weighted by molar-refractivity contribution is 0.226. The molecule has 9 heteroatoms. The number of hydrogen-bond donors (Lipinski definition) is 1. The van der Waals surface area contributed by atoms with Crippen molar-refractivity contribution in [2.24, 2.45) is 0 Å². The third-order valence-electron chi connectivity index (χ3n) is 7.91. The van der Waals surface area contributed by atoms with Gasteiger partial charge in [0.1, 0.15) is 11.4 Å². The van der Waals surface area contributed by atoms with Crippen molar-refractivity contribution in [3.8, 4) is 29.2 Å². The molecule has 0 spiro atoms. The Kier molecular flexibility index (Phi) is 6.40. The minimum Gasteiger partial charge on any atom is -0.358 e. The molecule has 6 rings (SSSR count). The van der Waals surface area contributed by atoms with E-state index in [2.05, 4.69) is 31.6 Å². The van der Waals surface area contributed by atoms with E-state index in [0.717, 1.165) is 64.7 Å². The van der Waals surface area contributed by atoms with Gasteiger partial charge >= 0.3 is 10.5 Å². The van der Waals surface area contributed by atoms with Crippen LogP contribution in [0.15, 0.2) is 59.4 Å². The molecule has 1 N–H and O–H groups in total. The number of hydrogen-bond acceptors (Lipinski definition) is 5. The van der Waals surface area contributed by atoms with Gasteiger partial charge in [-0.1, -0.05) is 34.9 Å². The van der Waals surface area contributed by atoms with Crippen LogP contribution in [0.4, 0.5) is 3.89 Å². The van der Waals surface area contributed by atoms with E-state index in [-0.39, 0.29) is 17.2 Å². The summed E-state index contributed by atoms with van der Waals surface area (Å²) in [6, 6.07) is 16.1. The molecule has 1 aliphatic heterocycles. The van der Waals surface area contributed by atoms with E-state index in [1.165, 1.54) is 12.1 Å². The molecule has 3 heterocycles. The van der Waals surface area contributed by atoms with Crippen molar-refractivity contribution in [2.45, 2.75) is 32.2 Å². The molecule has 1 aliphatic rings. The third-order valence-corrected chi connectivity index (χ3v) is 8.31. The van der Waals surface area contributed by atoms with Crippen molar-refractivity contribution in [2.75, 3.05) is 20.1 Å². The van der Waals surface area contributed by atoms with Crippen molar-refractivity contribution in [1.29, 1.82) is 0 Å². The SMILES string of the molecule is C#Cc1ccc2c(c1)[nH]c1c2c(=O)c2cc(CC)c(-c3cccc(OS(=O)(=O)F)c3)cc2n1C1CCN(C)CC1. The fourth-order valence-corrected chi connectivity index (χ4v) is 6.31. The molecule has 0 unspecified atom stereocenters. The fraction of sp³-hybridized carbons (Fsp3) is 0.258. The molecule has 7 nitrogen and oxygen atoms in total. The normalized spacial score (nSPS) is 15.2. The van der Waals surface area contributed by atoms with Gasteiger partial charge in [-0.05, 0) is 92.5 Å². The minimum atomic E-state index is -5.17. The van der Waals surface area contributed by atoms with Crippen LogP contribution in [0.5, 0.6) is 5.75 Å². The fourth-order valence-electron chi connectivity index (χ4n) is 5.98. The lowest BCUT2D eigenvalue weighted by Crippen LogP contribution is -2.32. The number of nitrogens with one attached hydrogen (secondary N) is 1. The van der Waals surface area contributed by atoms with Crippen molar-refractivity contribution >= 4 is 43.3 Å². The first-order valence-electron chi connectivity index (χ1n) is 13.2. The summed E-state index contributed by atoms with van der Waals surface area (Å²) in [4.78, 5) is 19.9. The molecule has 0 radical (unpaired) electrons. The Bertz CT molecular complexity index is 2010. The Morgan fingerprint density at radius 1 is 1.10 bits per heavy atom. The van der Waals surface area contributed by atoms with Crippen LogP contribution in [0.25, 0.3) is 44.0 Å². The topological polar surface area (TPSA) is 84.4 Å². The smallest absolute Gasteiger partial charge is 0.358 e. The average molecular weight is 558 g/mol. The van der Waals surface area contributed by atoms with E-state index in [9.17, 15) is 17.1 Å². The van der Waals surface area contributed by atoms with Crippen LogP contribution in [0.3, 0.4) is 0 Å². The van der Waals surface area contributed by atoms with Gasteiger partial charge in [-0.15, -0.1) is 6.42 Å². The van der Waals surface area contributed by atoms with Gasteiger partial charge in [0.25, 0.3) is 0 Å². The summed E-state index contributed by atoms with van der Waals surface area (Å²) in [7, 11) is -3.06. The Morgan fingerprint density at radius 2 is 1.88 bits per heavy atom. The molecule has 1 fully saturated rings. The van der Waals surface area contributed by atoms with E-state index in [4.69, 9.17) is 6.42 Å². The zero-order valence-electron chi connectivity index (χ0n) is 22.2. The number of halogens is 1. The van der Waals surface area contributed by atoms with E-state index in [1.807, 2.05) is 43.3 Å². The highest BCUT2D eigenvalue weighted by Gasteiger charge is 2.25. The first kappa shape index (κ1) is 26.1. The van der Waals surface area contributed by atoms with Crippen molar-refractivity contribution in [3.63, 3.8) is 0 Å². The summed E-state index contributed by atoms with van der Waals surface area (Å²) in [6.45, 7) is 3.86. The van der Waals surface area contributed by atoms with E-state index in [1.54, 1.807) is 6.07 Å². The lowest BCUT2D eigenvalue weighted by atomic mass is 9.94. The average Bonchev–Trinajstić information content (AvgIpc) is 3.31. The summed E-state index contributed by atoms with van der Waals surface area (Å²) in [5.41, 5.74) is 5.42. The molecule has 2 aromatic heterocycles.